The van der Waals surface area contributed by atoms with Crippen LogP contribution in [0.2, 0.25) is 0 Å². The van der Waals surface area contributed by atoms with Gasteiger partial charge in [-0.1, -0.05) is 6.07 Å². The summed E-state index contributed by atoms with van der Waals surface area (Å²) in [5.41, 5.74) is 0.0970. The third-order valence-corrected chi connectivity index (χ3v) is 5.11. The molecule has 0 aromatic heterocycles. The quantitative estimate of drug-likeness (QED) is 0.578. The lowest BCUT2D eigenvalue weighted by Crippen LogP contribution is -2.37. The number of nitrogens with zero attached hydrogens (tertiary/aromatic N) is 1. The highest BCUT2D eigenvalue weighted by atomic mass is 19.4. The summed E-state index contributed by atoms with van der Waals surface area (Å²) in [5, 5.41) is 2.44. The van der Waals surface area contributed by atoms with E-state index in [0.29, 0.717) is 49.1 Å². The Morgan fingerprint density at radius 2 is 1.74 bits per heavy atom. The summed E-state index contributed by atoms with van der Waals surface area (Å²) in [7, 11) is 2.95. The van der Waals surface area contributed by atoms with Crippen LogP contribution in [0.15, 0.2) is 36.4 Å². The predicted molar refractivity (Wildman–Crippen MR) is 117 cm³/mol. The maximum Gasteiger partial charge on any atom is 0.416 e. The van der Waals surface area contributed by atoms with Crippen LogP contribution in [0.4, 0.5) is 24.5 Å². The highest BCUT2D eigenvalue weighted by Crippen LogP contribution is 2.35. The van der Waals surface area contributed by atoms with Crippen molar-refractivity contribution in [2.24, 2.45) is 0 Å². The number of halogens is 3. The van der Waals surface area contributed by atoms with Crippen molar-refractivity contribution in [1.82, 2.24) is 0 Å². The zero-order valence-electron chi connectivity index (χ0n) is 18.7. The molecule has 8 nitrogen and oxygen atoms in total. The van der Waals surface area contributed by atoms with Gasteiger partial charge in [0.25, 0.3) is 5.91 Å². The molecule has 0 bridgehead atoms. The van der Waals surface area contributed by atoms with E-state index in [-0.39, 0.29) is 12.1 Å². The number of methoxy groups -OCH3 is 2. The second-order valence-electron chi connectivity index (χ2n) is 7.40. The van der Waals surface area contributed by atoms with Gasteiger partial charge in [0, 0.05) is 13.1 Å². The molecule has 1 amide bonds. The van der Waals surface area contributed by atoms with E-state index < -0.39 is 30.2 Å². The van der Waals surface area contributed by atoms with E-state index >= 15 is 0 Å². The van der Waals surface area contributed by atoms with Crippen LogP contribution in [0.1, 0.15) is 11.1 Å². The average molecular weight is 482 g/mol. The van der Waals surface area contributed by atoms with Crippen LogP contribution >= 0.6 is 0 Å². The van der Waals surface area contributed by atoms with Crippen LogP contribution in [0.3, 0.4) is 0 Å². The molecule has 1 saturated heterocycles. The van der Waals surface area contributed by atoms with Crippen LogP contribution in [0.5, 0.6) is 11.5 Å². The zero-order chi connectivity index (χ0) is 24.7. The van der Waals surface area contributed by atoms with E-state index in [2.05, 4.69) is 5.32 Å². The maximum absolute atomic E-state index is 13.2. The number of hydrogen-bond donors (Lipinski definition) is 1. The SMILES string of the molecule is COc1ccc(CC(=O)OCC(=O)Nc2cc(C(F)(F)F)ccc2N2CCOCC2)cc1OC. The molecule has 34 heavy (non-hydrogen) atoms. The molecule has 2 aromatic rings. The van der Waals surface area contributed by atoms with Gasteiger partial charge in [-0.2, -0.15) is 13.2 Å². The molecular weight excluding hydrogens is 457 g/mol. The number of rotatable bonds is 8. The summed E-state index contributed by atoms with van der Waals surface area (Å²) < 4.78 is 60.2. The fourth-order valence-electron chi connectivity index (χ4n) is 3.43. The molecule has 1 fully saturated rings. The largest absolute Gasteiger partial charge is 0.493 e. The van der Waals surface area contributed by atoms with E-state index in [4.69, 9.17) is 18.9 Å². The van der Waals surface area contributed by atoms with Crippen molar-refractivity contribution in [2.75, 3.05) is 57.3 Å². The van der Waals surface area contributed by atoms with Crippen molar-refractivity contribution in [3.05, 3.63) is 47.5 Å². The molecule has 1 heterocycles. The minimum absolute atomic E-state index is 0.0161. The third-order valence-electron chi connectivity index (χ3n) is 5.11. The number of morpholine rings is 1. The van der Waals surface area contributed by atoms with Crippen LogP contribution < -0.4 is 19.7 Å². The maximum atomic E-state index is 13.2. The number of hydrogen-bond acceptors (Lipinski definition) is 7. The summed E-state index contributed by atoms with van der Waals surface area (Å²) in [4.78, 5) is 26.4. The molecular formula is C23H25F3N2O6. The van der Waals surface area contributed by atoms with Gasteiger partial charge in [0.1, 0.15) is 0 Å². The lowest BCUT2D eigenvalue weighted by atomic mass is 10.1. The molecule has 1 aliphatic heterocycles. The Hall–Kier alpha value is -3.47. The molecule has 1 N–H and O–H groups in total. The summed E-state index contributed by atoms with van der Waals surface area (Å²) in [6.07, 6.45) is -4.70. The Labute approximate surface area is 194 Å². The molecule has 0 unspecified atom stereocenters. The van der Waals surface area contributed by atoms with Crippen molar-refractivity contribution >= 4 is 23.3 Å². The second kappa shape index (κ2) is 11.1. The van der Waals surface area contributed by atoms with Gasteiger partial charge in [0.2, 0.25) is 0 Å². The van der Waals surface area contributed by atoms with Crippen molar-refractivity contribution in [3.63, 3.8) is 0 Å². The fraction of sp³-hybridized carbons (Fsp3) is 0.391. The number of nitrogens with one attached hydrogen (secondary N) is 1. The Kier molecular flexibility index (Phi) is 8.21. The summed E-state index contributed by atoms with van der Waals surface area (Å²) >= 11 is 0. The molecule has 0 aliphatic carbocycles. The smallest absolute Gasteiger partial charge is 0.416 e. The monoisotopic (exact) mass is 482 g/mol. The van der Waals surface area contributed by atoms with E-state index in [1.165, 1.54) is 20.3 Å². The first-order chi connectivity index (χ1) is 16.2. The minimum Gasteiger partial charge on any atom is -0.493 e. The van der Waals surface area contributed by atoms with Gasteiger partial charge in [0.05, 0.1) is 50.8 Å². The highest BCUT2D eigenvalue weighted by molar-refractivity contribution is 5.96. The molecule has 0 spiro atoms. The minimum atomic E-state index is -4.57. The van der Waals surface area contributed by atoms with E-state index in [1.54, 1.807) is 18.2 Å². The highest BCUT2D eigenvalue weighted by Gasteiger charge is 2.32. The van der Waals surface area contributed by atoms with Crippen molar-refractivity contribution in [3.8, 4) is 11.5 Å². The topological polar surface area (TPSA) is 86.3 Å². The predicted octanol–water partition coefficient (Wildman–Crippen LogP) is 3.28. The molecule has 0 radical (unpaired) electrons. The molecule has 2 aromatic carbocycles. The first-order valence-corrected chi connectivity index (χ1v) is 10.4. The Morgan fingerprint density at radius 1 is 1.03 bits per heavy atom. The standard InChI is InChI=1S/C23H25F3N2O6/c1-31-19-6-3-15(11-20(19)32-2)12-22(30)34-14-21(29)27-17-13-16(23(24,25)26)4-5-18(17)28-7-9-33-10-8-28/h3-6,11,13H,7-10,12,14H2,1-2H3,(H,27,29). The molecule has 0 atom stereocenters. The molecule has 1 aliphatic rings. The lowest BCUT2D eigenvalue weighted by molar-refractivity contribution is -0.146. The third kappa shape index (κ3) is 6.53. The number of carbonyl (C=O) groups excluding carboxylic acids is 2. The van der Waals surface area contributed by atoms with Crippen molar-refractivity contribution in [1.29, 1.82) is 0 Å². The van der Waals surface area contributed by atoms with Crippen molar-refractivity contribution < 1.29 is 41.7 Å². The van der Waals surface area contributed by atoms with Gasteiger partial charge in [0.15, 0.2) is 18.1 Å². The molecule has 0 saturated carbocycles. The first kappa shape index (κ1) is 25.2. The van der Waals surface area contributed by atoms with Crippen LogP contribution in [-0.4, -0.2) is 59.0 Å². The van der Waals surface area contributed by atoms with Gasteiger partial charge in [-0.05, 0) is 35.9 Å². The summed E-state index contributed by atoms with van der Waals surface area (Å²) in [5.74, 6) is -0.504. The van der Waals surface area contributed by atoms with Gasteiger partial charge >= 0.3 is 12.1 Å². The fourth-order valence-corrected chi connectivity index (χ4v) is 3.43. The Bertz CT molecular complexity index is 1020. The van der Waals surface area contributed by atoms with Gasteiger partial charge in [-0.15, -0.1) is 0 Å². The molecule has 11 heteroatoms. The number of alkyl halides is 3. The number of carbonyl (C=O) groups is 2. The van der Waals surface area contributed by atoms with Crippen molar-refractivity contribution in [2.45, 2.75) is 12.6 Å². The first-order valence-electron chi connectivity index (χ1n) is 10.4. The number of ether oxygens (including phenoxy) is 4. The second-order valence-corrected chi connectivity index (χ2v) is 7.40. The number of benzene rings is 2. The molecule has 3 rings (SSSR count). The van der Waals surface area contributed by atoms with Crippen LogP contribution in [0.25, 0.3) is 0 Å². The van der Waals surface area contributed by atoms with Gasteiger partial charge < -0.3 is 29.2 Å². The number of esters is 1. The van der Waals surface area contributed by atoms with Gasteiger partial charge in [-0.25, -0.2) is 0 Å². The summed E-state index contributed by atoms with van der Waals surface area (Å²) in [6.45, 7) is 1.12. The average Bonchev–Trinajstić information content (AvgIpc) is 2.82. The Balaban J connectivity index is 1.65. The zero-order valence-corrected chi connectivity index (χ0v) is 18.7. The van der Waals surface area contributed by atoms with E-state index in [0.717, 1.165) is 12.1 Å². The summed E-state index contributed by atoms with van der Waals surface area (Å²) in [6, 6.07) is 8.04. The van der Waals surface area contributed by atoms with E-state index in [1.807, 2.05) is 4.90 Å². The van der Waals surface area contributed by atoms with Crippen LogP contribution in [-0.2, 0) is 31.7 Å². The molecule has 184 valence electrons. The normalized spacial score (nSPS) is 13.9. The van der Waals surface area contributed by atoms with Gasteiger partial charge in [-0.3, -0.25) is 9.59 Å². The number of anilines is 2. The van der Waals surface area contributed by atoms with E-state index in [9.17, 15) is 22.8 Å². The lowest BCUT2D eigenvalue weighted by Gasteiger charge is -2.31. The Morgan fingerprint density at radius 3 is 2.38 bits per heavy atom. The number of amides is 1. The van der Waals surface area contributed by atoms with Crippen LogP contribution in [0, 0.1) is 0 Å².